The average molecular weight is 441 g/mol. The number of nitrogens with one attached hydrogen (secondary N) is 2. The molecule has 0 aliphatic carbocycles. The Bertz CT molecular complexity index is 487. The van der Waals surface area contributed by atoms with Gasteiger partial charge in [-0.1, -0.05) is 58.3 Å². The Kier molecular flexibility index (Phi) is 16.6. The topological polar surface area (TPSA) is 93.7 Å². The highest BCUT2D eigenvalue weighted by Crippen LogP contribution is 2.23. The van der Waals surface area contributed by atoms with Crippen molar-refractivity contribution < 1.29 is 23.9 Å². The number of alkyl carbamates (subject to hydrolysis) is 1. The zero-order chi connectivity index (χ0) is 22.6. The lowest BCUT2D eigenvalue weighted by molar-refractivity contribution is -0.128. The van der Waals surface area contributed by atoms with Crippen LogP contribution in [0.4, 0.5) is 4.79 Å². The van der Waals surface area contributed by atoms with Crippen LogP contribution in [-0.2, 0) is 19.1 Å². The summed E-state index contributed by atoms with van der Waals surface area (Å²) in [6, 6.07) is 0. The molecule has 0 aromatic carbocycles. The van der Waals surface area contributed by atoms with Gasteiger partial charge >= 0.3 is 6.09 Å². The predicted octanol–water partition coefficient (Wildman–Crippen LogP) is 4.73. The number of cyclic esters (lactones) is 1. The van der Waals surface area contributed by atoms with Crippen molar-refractivity contribution in [2.75, 3.05) is 26.3 Å². The lowest BCUT2D eigenvalue weighted by Crippen LogP contribution is -2.31. The molecule has 7 heteroatoms. The molecule has 0 bridgehead atoms. The third kappa shape index (κ3) is 15.6. The molecule has 31 heavy (non-hydrogen) atoms. The van der Waals surface area contributed by atoms with E-state index in [4.69, 9.17) is 4.74 Å². The fourth-order valence-corrected chi connectivity index (χ4v) is 4.09. The maximum Gasteiger partial charge on any atom is 0.407 e. The molecule has 1 fully saturated rings. The number of hydrogen-bond donors (Lipinski definition) is 2. The summed E-state index contributed by atoms with van der Waals surface area (Å²) in [5, 5.41) is 5.86. The molecule has 1 heterocycles. The molecule has 1 aliphatic heterocycles. The summed E-state index contributed by atoms with van der Waals surface area (Å²) in [6.45, 7) is 5.05. The molecule has 1 aliphatic rings. The van der Waals surface area contributed by atoms with Crippen LogP contribution in [0, 0.1) is 11.8 Å². The molecule has 0 spiro atoms. The van der Waals surface area contributed by atoms with Crippen molar-refractivity contribution in [3.05, 3.63) is 0 Å². The van der Waals surface area contributed by atoms with Gasteiger partial charge in [-0.3, -0.25) is 9.59 Å². The first kappa shape index (κ1) is 27.2. The minimum absolute atomic E-state index is 0.144. The first-order chi connectivity index (χ1) is 15.1. The van der Waals surface area contributed by atoms with Gasteiger partial charge < -0.3 is 20.1 Å². The molecule has 0 aromatic heterocycles. The van der Waals surface area contributed by atoms with E-state index >= 15 is 0 Å². The lowest BCUT2D eigenvalue weighted by atomic mass is 9.86. The second-order valence-corrected chi connectivity index (χ2v) is 8.79. The highest BCUT2D eigenvalue weighted by atomic mass is 16.5. The SMILES string of the molecule is CC1CNC(=O)OCCCC1CCC(=O)NCCCCCCCCCCCCOC=O. The van der Waals surface area contributed by atoms with Crippen LogP contribution in [0.25, 0.3) is 0 Å². The molecule has 2 N–H and O–H groups in total. The summed E-state index contributed by atoms with van der Waals surface area (Å²) < 4.78 is 9.75. The van der Waals surface area contributed by atoms with Gasteiger partial charge in [0.1, 0.15) is 0 Å². The second kappa shape index (κ2) is 18.9. The first-order valence-electron chi connectivity index (χ1n) is 12.4. The number of rotatable bonds is 17. The number of amides is 2. The Morgan fingerprint density at radius 2 is 1.74 bits per heavy atom. The molecular formula is C24H44N2O5. The molecule has 2 atom stereocenters. The summed E-state index contributed by atoms with van der Waals surface area (Å²) >= 11 is 0. The fourth-order valence-electron chi connectivity index (χ4n) is 4.09. The van der Waals surface area contributed by atoms with Crippen LogP contribution in [0.3, 0.4) is 0 Å². The van der Waals surface area contributed by atoms with Gasteiger partial charge in [0.05, 0.1) is 13.2 Å². The van der Waals surface area contributed by atoms with Crippen LogP contribution in [0.1, 0.15) is 96.8 Å². The summed E-state index contributed by atoms with van der Waals surface area (Å²) in [4.78, 5) is 33.6. The van der Waals surface area contributed by atoms with Gasteiger partial charge in [0.15, 0.2) is 0 Å². The molecule has 2 amide bonds. The normalized spacial score (nSPS) is 19.3. The van der Waals surface area contributed by atoms with Crippen molar-refractivity contribution in [1.82, 2.24) is 10.6 Å². The maximum absolute atomic E-state index is 12.2. The number of carbonyl (C=O) groups is 3. The van der Waals surface area contributed by atoms with Crippen LogP contribution in [0.15, 0.2) is 0 Å². The average Bonchev–Trinajstić information content (AvgIpc) is 2.84. The van der Waals surface area contributed by atoms with Gasteiger partial charge in [0.25, 0.3) is 6.47 Å². The number of carbonyl (C=O) groups excluding carboxylic acids is 3. The number of hydrogen-bond acceptors (Lipinski definition) is 5. The molecule has 0 saturated carbocycles. The Labute approximate surface area is 188 Å². The van der Waals surface area contributed by atoms with Gasteiger partial charge in [-0.25, -0.2) is 4.79 Å². The van der Waals surface area contributed by atoms with E-state index in [9.17, 15) is 14.4 Å². The quantitative estimate of drug-likeness (QED) is 0.252. The first-order valence-corrected chi connectivity index (χ1v) is 12.4. The van der Waals surface area contributed by atoms with Gasteiger partial charge in [-0.15, -0.1) is 0 Å². The molecule has 7 nitrogen and oxygen atoms in total. The molecular weight excluding hydrogens is 396 g/mol. The van der Waals surface area contributed by atoms with Crippen molar-refractivity contribution in [2.24, 2.45) is 11.8 Å². The summed E-state index contributed by atoms with van der Waals surface area (Å²) in [5.74, 6) is 0.943. The van der Waals surface area contributed by atoms with Crippen LogP contribution >= 0.6 is 0 Å². The van der Waals surface area contributed by atoms with E-state index in [1.54, 1.807) is 0 Å². The zero-order valence-electron chi connectivity index (χ0n) is 19.5. The van der Waals surface area contributed by atoms with Crippen LogP contribution in [0.2, 0.25) is 0 Å². The predicted molar refractivity (Wildman–Crippen MR) is 122 cm³/mol. The molecule has 180 valence electrons. The summed E-state index contributed by atoms with van der Waals surface area (Å²) in [5.41, 5.74) is 0. The Balaban J connectivity index is 1.93. The van der Waals surface area contributed by atoms with Crippen molar-refractivity contribution in [3.63, 3.8) is 0 Å². The molecule has 1 saturated heterocycles. The van der Waals surface area contributed by atoms with E-state index in [0.29, 0.717) is 44.5 Å². The van der Waals surface area contributed by atoms with Gasteiger partial charge in [0, 0.05) is 19.5 Å². The minimum atomic E-state index is -0.330. The van der Waals surface area contributed by atoms with Crippen molar-refractivity contribution in [3.8, 4) is 0 Å². The van der Waals surface area contributed by atoms with Crippen LogP contribution < -0.4 is 10.6 Å². The highest BCUT2D eigenvalue weighted by Gasteiger charge is 2.21. The Hall–Kier alpha value is -1.79. The van der Waals surface area contributed by atoms with E-state index in [0.717, 1.165) is 45.1 Å². The van der Waals surface area contributed by atoms with Gasteiger partial charge in [0.2, 0.25) is 5.91 Å². The Morgan fingerprint density at radius 3 is 2.42 bits per heavy atom. The van der Waals surface area contributed by atoms with Crippen LogP contribution in [-0.4, -0.2) is 44.8 Å². The van der Waals surface area contributed by atoms with Gasteiger partial charge in [-0.2, -0.15) is 0 Å². The van der Waals surface area contributed by atoms with Crippen LogP contribution in [0.5, 0.6) is 0 Å². The van der Waals surface area contributed by atoms with E-state index in [1.807, 2.05) is 0 Å². The molecule has 2 unspecified atom stereocenters. The molecule has 0 aromatic rings. The summed E-state index contributed by atoms with van der Waals surface area (Å²) in [6.07, 6.45) is 14.8. The van der Waals surface area contributed by atoms with Gasteiger partial charge in [-0.05, 0) is 43.9 Å². The fraction of sp³-hybridized carbons (Fsp3) is 0.875. The number of unbranched alkanes of at least 4 members (excludes halogenated alkanes) is 9. The lowest BCUT2D eigenvalue weighted by Gasteiger charge is -2.22. The van der Waals surface area contributed by atoms with Crippen molar-refractivity contribution >= 4 is 18.5 Å². The smallest absolute Gasteiger partial charge is 0.407 e. The summed E-state index contributed by atoms with van der Waals surface area (Å²) in [7, 11) is 0. The van der Waals surface area contributed by atoms with Crippen molar-refractivity contribution in [1.29, 1.82) is 0 Å². The monoisotopic (exact) mass is 440 g/mol. The molecule has 1 rings (SSSR count). The molecule has 0 radical (unpaired) electrons. The third-order valence-corrected chi connectivity index (χ3v) is 6.15. The van der Waals surface area contributed by atoms with E-state index in [-0.39, 0.29) is 12.0 Å². The minimum Gasteiger partial charge on any atom is -0.468 e. The van der Waals surface area contributed by atoms with E-state index in [1.165, 1.54) is 44.9 Å². The largest absolute Gasteiger partial charge is 0.468 e. The maximum atomic E-state index is 12.2. The third-order valence-electron chi connectivity index (χ3n) is 6.15. The highest BCUT2D eigenvalue weighted by molar-refractivity contribution is 5.75. The number of ether oxygens (including phenoxy) is 2. The second-order valence-electron chi connectivity index (χ2n) is 8.79. The van der Waals surface area contributed by atoms with Crippen molar-refractivity contribution in [2.45, 2.75) is 96.8 Å². The standard InChI is InChI=1S/C24H44N2O5/c1-21-19-26-24(29)31-18-12-13-22(21)14-15-23(28)25-16-10-8-6-4-2-3-5-7-9-11-17-30-20-27/h20-22H,2-19H2,1H3,(H,25,28)(H,26,29). The van der Waals surface area contributed by atoms with E-state index < -0.39 is 0 Å². The zero-order valence-corrected chi connectivity index (χ0v) is 19.5. The van der Waals surface area contributed by atoms with E-state index in [2.05, 4.69) is 22.3 Å². The Morgan fingerprint density at radius 1 is 1.10 bits per heavy atom.